The lowest BCUT2D eigenvalue weighted by Gasteiger charge is -2.44. The minimum absolute atomic E-state index is 1.07. The predicted octanol–water partition coefficient (Wildman–Crippen LogP) is -5.52. The third kappa shape index (κ3) is 5.45. The maximum absolute atomic E-state index is 10.4. The van der Waals surface area contributed by atoms with E-state index >= 15 is 0 Å². The van der Waals surface area contributed by atoms with E-state index in [1.165, 1.54) is 0 Å². The molecule has 0 aliphatic carbocycles. The van der Waals surface area contributed by atoms with Crippen molar-refractivity contribution in [2.45, 2.75) is 30.7 Å². The van der Waals surface area contributed by atoms with Gasteiger partial charge >= 0.3 is 0 Å². The fourth-order valence-corrected chi connectivity index (χ4v) is 2.19. The molecule has 1 heterocycles. The van der Waals surface area contributed by atoms with Crippen molar-refractivity contribution in [1.82, 2.24) is 0 Å². The quantitative estimate of drug-likeness (QED) is 0.401. The van der Waals surface area contributed by atoms with E-state index in [-0.39, 0.29) is 0 Å². The second-order valence-electron chi connectivity index (χ2n) is 3.81. The predicted molar refractivity (Wildman–Crippen MR) is 48.9 cm³/mol. The molecule has 1 fully saturated rings. The summed E-state index contributed by atoms with van der Waals surface area (Å²) in [6, 6.07) is 0. The smallest absolute Gasteiger partial charge is 0.191 e. The van der Waals surface area contributed by atoms with Crippen molar-refractivity contribution in [3.8, 4) is 0 Å². The molecule has 0 aromatic carbocycles. The zero-order valence-electron chi connectivity index (χ0n) is 9.50. The van der Waals surface area contributed by atoms with Gasteiger partial charge in [0, 0.05) is 0 Å². The van der Waals surface area contributed by atoms with Gasteiger partial charge in [0.25, 0.3) is 0 Å². The van der Waals surface area contributed by atoms with E-state index in [1.807, 2.05) is 0 Å². The Balaban J connectivity index is 2.76. The van der Waals surface area contributed by atoms with Crippen LogP contribution >= 0.6 is 15.6 Å². The van der Waals surface area contributed by atoms with Gasteiger partial charge in [0.1, 0.15) is 24.4 Å². The highest BCUT2D eigenvalue weighted by Crippen LogP contribution is 2.34. The lowest BCUT2D eigenvalue weighted by atomic mass is 10.00. The number of ether oxygens (including phenoxy) is 1. The molecule has 1 aliphatic rings. The topological polar surface area (TPSA) is 215 Å². The molecule has 0 radical (unpaired) electrons. The number of aliphatic hydroxyl groups excluding tert-OH is 3. The summed E-state index contributed by atoms with van der Waals surface area (Å²) >= 11 is 0. The number of phosphoric acid groups is 2. The fourth-order valence-electron chi connectivity index (χ4n) is 1.43. The van der Waals surface area contributed by atoms with E-state index in [1.54, 1.807) is 0 Å². The van der Waals surface area contributed by atoms with Gasteiger partial charge < -0.3 is 57.8 Å². The minimum Gasteiger partial charge on any atom is -0.790 e. The molecule has 3 N–H and O–H groups in total. The molecule has 1 aliphatic heterocycles. The highest BCUT2D eigenvalue weighted by atomic mass is 31.2. The molecule has 12 nitrogen and oxygen atoms in total. The molecule has 0 aromatic heterocycles. The van der Waals surface area contributed by atoms with Crippen molar-refractivity contribution in [3.63, 3.8) is 0 Å². The molecule has 120 valence electrons. The summed E-state index contributed by atoms with van der Waals surface area (Å²) in [5.41, 5.74) is 0. The van der Waals surface area contributed by atoms with Crippen LogP contribution in [0.25, 0.3) is 0 Å². The molecule has 0 aromatic rings. The molecule has 1 saturated heterocycles. The van der Waals surface area contributed by atoms with Crippen molar-refractivity contribution >= 4 is 15.6 Å². The second kappa shape index (κ2) is 6.44. The third-order valence-electron chi connectivity index (χ3n) is 2.30. The van der Waals surface area contributed by atoms with Crippen molar-refractivity contribution in [1.29, 1.82) is 0 Å². The van der Waals surface area contributed by atoms with Crippen LogP contribution in [0.15, 0.2) is 0 Å². The van der Waals surface area contributed by atoms with Gasteiger partial charge in [-0.15, -0.1) is 0 Å². The van der Waals surface area contributed by atoms with Gasteiger partial charge in [-0.3, -0.25) is 0 Å². The number of hydrogen-bond acceptors (Lipinski definition) is 12. The summed E-state index contributed by atoms with van der Waals surface area (Å²) in [7, 11) is -11.0. The highest BCUT2D eigenvalue weighted by molar-refractivity contribution is 7.43. The Labute approximate surface area is 112 Å². The first-order valence-corrected chi connectivity index (χ1v) is 7.89. The molecule has 0 unspecified atom stereocenters. The standard InChI is InChI=1S/C6H14O12P2/c7-3-2(1-16-19(10,11)12)17-6(5(9)4(3)8)18-20(13,14)15/h2-9H,1H2,(H2,10,11,12)(H2,13,14,15)/p-4/t2-,3-,4+,5-,6+/m1/s1. The summed E-state index contributed by atoms with van der Waals surface area (Å²) in [6.07, 6.45) is -9.92. The summed E-state index contributed by atoms with van der Waals surface area (Å²) in [4.78, 5) is 41.3. The van der Waals surface area contributed by atoms with E-state index < -0.39 is 53.0 Å². The van der Waals surface area contributed by atoms with Crippen LogP contribution in [0.5, 0.6) is 0 Å². The van der Waals surface area contributed by atoms with Crippen molar-refractivity contribution in [3.05, 3.63) is 0 Å². The minimum atomic E-state index is -5.59. The first-order chi connectivity index (χ1) is 8.91. The van der Waals surface area contributed by atoms with Crippen LogP contribution in [0.3, 0.4) is 0 Å². The molecule has 0 saturated carbocycles. The zero-order valence-corrected chi connectivity index (χ0v) is 11.3. The summed E-state index contributed by atoms with van der Waals surface area (Å²) < 4.78 is 32.8. The van der Waals surface area contributed by atoms with Crippen LogP contribution in [0.1, 0.15) is 0 Å². The first-order valence-electron chi connectivity index (χ1n) is 4.97. The third-order valence-corrected chi connectivity index (χ3v) is 3.23. The van der Waals surface area contributed by atoms with Crippen molar-refractivity contribution in [2.75, 3.05) is 6.61 Å². The molecule has 5 atom stereocenters. The van der Waals surface area contributed by atoms with Gasteiger partial charge in [0.15, 0.2) is 6.29 Å². The molecule has 0 bridgehead atoms. The van der Waals surface area contributed by atoms with Gasteiger partial charge in [-0.1, -0.05) is 0 Å². The Hall–Kier alpha value is 0.0600. The number of rotatable bonds is 5. The lowest BCUT2D eigenvalue weighted by molar-refractivity contribution is -0.371. The normalized spacial score (nSPS) is 36.0. The average Bonchev–Trinajstić information content (AvgIpc) is 2.25. The van der Waals surface area contributed by atoms with Crippen molar-refractivity contribution in [2.24, 2.45) is 0 Å². The van der Waals surface area contributed by atoms with Gasteiger partial charge in [0.2, 0.25) is 0 Å². The molecule has 0 amide bonds. The van der Waals surface area contributed by atoms with E-state index in [0.29, 0.717) is 0 Å². The Morgan fingerprint density at radius 3 is 1.95 bits per heavy atom. The zero-order chi connectivity index (χ0) is 15.7. The second-order valence-corrected chi connectivity index (χ2v) is 6.07. The molecule has 1 rings (SSSR count). The van der Waals surface area contributed by atoms with Crippen molar-refractivity contribution < 1.29 is 57.8 Å². The van der Waals surface area contributed by atoms with Gasteiger partial charge in [-0.25, -0.2) is 0 Å². The van der Waals surface area contributed by atoms with Crippen LogP contribution < -0.4 is 19.6 Å². The molecule has 0 spiro atoms. The van der Waals surface area contributed by atoms with Crippen LogP contribution in [-0.4, -0.2) is 52.6 Å². The number of hydrogen-bond donors (Lipinski definition) is 3. The molecule has 20 heavy (non-hydrogen) atoms. The Morgan fingerprint density at radius 1 is 0.950 bits per heavy atom. The number of phosphoric ester groups is 2. The van der Waals surface area contributed by atoms with E-state index in [0.717, 1.165) is 0 Å². The number of aliphatic hydroxyl groups is 3. The largest absolute Gasteiger partial charge is 0.790 e. The van der Waals surface area contributed by atoms with Gasteiger partial charge in [-0.2, -0.15) is 0 Å². The maximum atomic E-state index is 10.4. The molecule has 14 heteroatoms. The molecular weight excluding hydrogens is 326 g/mol. The maximum Gasteiger partial charge on any atom is 0.191 e. The van der Waals surface area contributed by atoms with Crippen LogP contribution in [-0.2, 0) is 22.9 Å². The van der Waals surface area contributed by atoms with Gasteiger partial charge in [0.05, 0.1) is 22.3 Å². The SMILES string of the molecule is O=P([O-])([O-])OC[C@H]1O[C@@H](OP(=O)([O-])[O-])[C@H](O)[C@@H](O)[C@@H]1O. The Kier molecular flexibility index (Phi) is 5.83. The van der Waals surface area contributed by atoms with Gasteiger partial charge in [-0.05, 0) is 0 Å². The van der Waals surface area contributed by atoms with Crippen LogP contribution in [0.4, 0.5) is 0 Å². The Bertz CT molecular complexity index is 412. The lowest BCUT2D eigenvalue weighted by Crippen LogP contribution is -2.59. The molecular formula is C6H10O12P2-4. The van der Waals surface area contributed by atoms with E-state index in [9.17, 15) is 44.0 Å². The first kappa shape index (κ1) is 18.1. The van der Waals surface area contributed by atoms with Crippen LogP contribution in [0, 0.1) is 0 Å². The van der Waals surface area contributed by atoms with E-state index in [2.05, 4.69) is 13.8 Å². The summed E-state index contributed by atoms with van der Waals surface area (Å²) in [5, 5.41) is 28.1. The average molecular weight is 336 g/mol. The monoisotopic (exact) mass is 336 g/mol. The van der Waals surface area contributed by atoms with Crippen LogP contribution in [0.2, 0.25) is 0 Å². The van der Waals surface area contributed by atoms with E-state index in [4.69, 9.17) is 0 Å². The summed E-state index contributed by atoms with van der Waals surface area (Å²) in [6.45, 7) is -1.07. The summed E-state index contributed by atoms with van der Waals surface area (Å²) in [5.74, 6) is 0. The highest BCUT2D eigenvalue weighted by Gasteiger charge is 2.44. The Morgan fingerprint density at radius 2 is 1.50 bits per heavy atom. The fraction of sp³-hybridized carbons (Fsp3) is 1.00.